The van der Waals surface area contributed by atoms with Gasteiger partial charge in [0.1, 0.15) is 11.4 Å². The number of anilines is 1. The van der Waals surface area contributed by atoms with Crippen molar-refractivity contribution in [1.29, 1.82) is 0 Å². The first-order valence-electron chi connectivity index (χ1n) is 6.22. The molecule has 5 nitrogen and oxygen atoms in total. The molecule has 0 saturated carbocycles. The molecule has 1 aliphatic rings. The van der Waals surface area contributed by atoms with Crippen molar-refractivity contribution in [2.24, 2.45) is 5.41 Å². The Balaban J connectivity index is 2.25. The number of nitrogens with zero attached hydrogens (tertiary/aromatic N) is 1. The number of nitro groups is 1. The molecule has 1 unspecified atom stereocenters. The van der Waals surface area contributed by atoms with Crippen molar-refractivity contribution in [2.75, 3.05) is 16.8 Å². The summed E-state index contributed by atoms with van der Waals surface area (Å²) in [4.78, 5) is 10.6. The van der Waals surface area contributed by atoms with E-state index in [-0.39, 0.29) is 22.9 Å². The maximum atomic E-state index is 11.0. The quantitative estimate of drug-likeness (QED) is 0.505. The Morgan fingerprint density at radius 1 is 1.53 bits per heavy atom. The monoisotopic (exact) mass is 282 g/mol. The fourth-order valence-corrected chi connectivity index (χ4v) is 3.76. The van der Waals surface area contributed by atoms with Gasteiger partial charge in [-0.15, -0.1) is 0 Å². The Morgan fingerprint density at radius 2 is 2.26 bits per heavy atom. The molecular weight excluding hydrogens is 264 g/mol. The van der Waals surface area contributed by atoms with Crippen molar-refractivity contribution in [3.05, 3.63) is 28.3 Å². The average molecular weight is 282 g/mol. The number of hydrogen-bond donors (Lipinski definition) is 2. The third-order valence-electron chi connectivity index (χ3n) is 3.63. The second-order valence-corrected chi connectivity index (χ2v) is 6.62. The largest absolute Gasteiger partial charge is 0.508 e. The zero-order chi connectivity index (χ0) is 14.0. The van der Waals surface area contributed by atoms with Crippen molar-refractivity contribution in [1.82, 2.24) is 0 Å². The fraction of sp³-hybridized carbons (Fsp3) is 0.538. The molecule has 0 bridgehead atoms. The van der Waals surface area contributed by atoms with Crippen molar-refractivity contribution in [3.63, 3.8) is 0 Å². The summed E-state index contributed by atoms with van der Waals surface area (Å²) in [5, 5.41) is 23.7. The lowest BCUT2D eigenvalue weighted by Crippen LogP contribution is -2.41. The molecule has 2 rings (SSSR count). The van der Waals surface area contributed by atoms with Crippen LogP contribution in [-0.4, -0.2) is 27.6 Å². The number of nitrogens with one attached hydrogen (secondary N) is 1. The number of phenolic OH excluding ortho intramolecular Hbond substituents is 1. The summed E-state index contributed by atoms with van der Waals surface area (Å²) in [6.07, 6.45) is 1.08. The summed E-state index contributed by atoms with van der Waals surface area (Å²) in [7, 11) is 0. The summed E-state index contributed by atoms with van der Waals surface area (Å²) < 4.78 is 0. The van der Waals surface area contributed by atoms with Crippen molar-refractivity contribution in [2.45, 2.75) is 26.3 Å². The minimum atomic E-state index is -0.467. The number of nitro benzene ring substituents is 1. The molecule has 1 aliphatic heterocycles. The van der Waals surface area contributed by atoms with Crippen molar-refractivity contribution < 1.29 is 10.0 Å². The standard InChI is InChI=1S/C13H18N2O3S/c1-13(2)5-6-19-8-12(13)14-10-4-3-9(16)7-11(10)15(17)18/h3-4,7,12,14,16H,5-6,8H2,1-2H3. The number of rotatable bonds is 3. The van der Waals surface area contributed by atoms with Crippen molar-refractivity contribution >= 4 is 23.1 Å². The predicted molar refractivity (Wildman–Crippen MR) is 77.9 cm³/mol. The molecule has 0 aromatic heterocycles. The lowest BCUT2D eigenvalue weighted by Gasteiger charge is -2.39. The summed E-state index contributed by atoms with van der Waals surface area (Å²) >= 11 is 1.86. The number of aromatic hydroxyl groups is 1. The molecule has 1 aromatic carbocycles. The molecule has 0 amide bonds. The van der Waals surface area contributed by atoms with Gasteiger partial charge in [-0.1, -0.05) is 13.8 Å². The smallest absolute Gasteiger partial charge is 0.296 e. The van der Waals surface area contributed by atoms with Gasteiger partial charge < -0.3 is 10.4 Å². The maximum Gasteiger partial charge on any atom is 0.296 e. The van der Waals surface area contributed by atoms with Crippen LogP contribution in [0.4, 0.5) is 11.4 Å². The van der Waals surface area contributed by atoms with Gasteiger partial charge in [-0.3, -0.25) is 10.1 Å². The Labute approximate surface area is 116 Å². The third-order valence-corrected chi connectivity index (χ3v) is 4.69. The first-order chi connectivity index (χ1) is 8.90. The lowest BCUT2D eigenvalue weighted by atomic mass is 9.82. The zero-order valence-corrected chi connectivity index (χ0v) is 11.9. The van der Waals surface area contributed by atoms with Crippen LogP contribution in [0, 0.1) is 15.5 Å². The van der Waals surface area contributed by atoms with Crippen LogP contribution in [0.3, 0.4) is 0 Å². The van der Waals surface area contributed by atoms with Gasteiger partial charge in [-0.25, -0.2) is 0 Å². The van der Waals surface area contributed by atoms with Crippen LogP contribution in [0.5, 0.6) is 5.75 Å². The van der Waals surface area contributed by atoms with E-state index >= 15 is 0 Å². The van der Waals surface area contributed by atoms with Crippen LogP contribution in [0.25, 0.3) is 0 Å². The van der Waals surface area contributed by atoms with E-state index in [1.807, 2.05) is 11.8 Å². The Hall–Kier alpha value is -1.43. The van der Waals surface area contributed by atoms with E-state index in [1.165, 1.54) is 12.1 Å². The summed E-state index contributed by atoms with van der Waals surface area (Å²) in [5.41, 5.74) is 0.506. The summed E-state index contributed by atoms with van der Waals surface area (Å²) in [5.74, 6) is 1.97. The van der Waals surface area contributed by atoms with E-state index < -0.39 is 4.92 Å². The minimum Gasteiger partial charge on any atom is -0.508 e. The number of benzene rings is 1. The average Bonchev–Trinajstić information content (AvgIpc) is 2.33. The predicted octanol–water partition coefficient (Wildman–Crippen LogP) is 3.24. The van der Waals surface area contributed by atoms with E-state index in [0.717, 1.165) is 17.9 Å². The highest BCUT2D eigenvalue weighted by Crippen LogP contribution is 2.38. The molecule has 1 aromatic rings. The molecule has 1 atom stereocenters. The van der Waals surface area contributed by atoms with E-state index in [2.05, 4.69) is 19.2 Å². The molecule has 104 valence electrons. The summed E-state index contributed by atoms with van der Waals surface area (Å²) in [6, 6.07) is 4.42. The van der Waals surface area contributed by atoms with Crippen LogP contribution in [0.1, 0.15) is 20.3 Å². The second kappa shape index (κ2) is 5.28. The van der Waals surface area contributed by atoms with E-state index in [0.29, 0.717) is 5.69 Å². The number of thioether (sulfide) groups is 1. The molecule has 6 heteroatoms. The second-order valence-electron chi connectivity index (χ2n) is 5.47. The molecular formula is C13H18N2O3S. The van der Waals surface area contributed by atoms with E-state index in [4.69, 9.17) is 0 Å². The highest BCUT2D eigenvalue weighted by atomic mass is 32.2. The van der Waals surface area contributed by atoms with Crippen LogP contribution in [-0.2, 0) is 0 Å². The topological polar surface area (TPSA) is 75.4 Å². The Bertz CT molecular complexity index is 491. The van der Waals surface area contributed by atoms with Gasteiger partial charge in [0.15, 0.2) is 0 Å². The van der Waals surface area contributed by atoms with Gasteiger partial charge in [0.05, 0.1) is 11.0 Å². The SMILES string of the molecule is CC1(C)CCSCC1Nc1ccc(O)cc1[N+](=O)[O-]. The van der Waals surface area contributed by atoms with Gasteiger partial charge in [-0.05, 0) is 29.7 Å². The Morgan fingerprint density at radius 3 is 2.89 bits per heavy atom. The van der Waals surface area contributed by atoms with Crippen LogP contribution >= 0.6 is 11.8 Å². The lowest BCUT2D eigenvalue weighted by molar-refractivity contribution is -0.384. The van der Waals surface area contributed by atoms with Crippen LogP contribution in [0.15, 0.2) is 18.2 Å². The summed E-state index contributed by atoms with van der Waals surface area (Å²) in [6.45, 7) is 4.35. The zero-order valence-electron chi connectivity index (χ0n) is 11.0. The van der Waals surface area contributed by atoms with Gasteiger partial charge in [-0.2, -0.15) is 11.8 Å². The molecule has 1 fully saturated rings. The van der Waals surface area contributed by atoms with Gasteiger partial charge in [0, 0.05) is 11.8 Å². The van der Waals surface area contributed by atoms with E-state index in [9.17, 15) is 15.2 Å². The molecule has 1 saturated heterocycles. The van der Waals surface area contributed by atoms with Crippen molar-refractivity contribution in [3.8, 4) is 5.75 Å². The molecule has 0 radical (unpaired) electrons. The Kier molecular flexibility index (Phi) is 3.89. The van der Waals surface area contributed by atoms with Crippen LogP contribution < -0.4 is 5.32 Å². The van der Waals surface area contributed by atoms with Gasteiger partial charge in [0.25, 0.3) is 5.69 Å². The fourth-order valence-electron chi connectivity index (χ4n) is 2.15. The normalized spacial score (nSPS) is 21.9. The van der Waals surface area contributed by atoms with E-state index in [1.54, 1.807) is 6.07 Å². The highest BCUT2D eigenvalue weighted by molar-refractivity contribution is 7.99. The highest BCUT2D eigenvalue weighted by Gasteiger charge is 2.33. The molecule has 0 spiro atoms. The molecule has 2 N–H and O–H groups in total. The first kappa shape index (κ1) is 14.0. The maximum absolute atomic E-state index is 11.0. The van der Waals surface area contributed by atoms with Crippen LogP contribution in [0.2, 0.25) is 0 Å². The first-order valence-corrected chi connectivity index (χ1v) is 7.37. The van der Waals surface area contributed by atoms with Gasteiger partial charge >= 0.3 is 0 Å². The number of phenols is 1. The number of hydrogen-bond acceptors (Lipinski definition) is 5. The molecule has 19 heavy (non-hydrogen) atoms. The minimum absolute atomic E-state index is 0.0774. The molecule has 0 aliphatic carbocycles. The van der Waals surface area contributed by atoms with Gasteiger partial charge in [0.2, 0.25) is 0 Å². The third kappa shape index (κ3) is 3.12. The molecule has 1 heterocycles.